The quantitative estimate of drug-likeness (QED) is 0.415. The molecule has 0 aliphatic carbocycles. The SMILES string of the molecule is CCc1ccc(NC(=O)CSC(=Nc2ccc(C)c(C)c2)c2c(O)n(C)c(=O)n(C)c2=O)cc1. The standard InChI is InChI=1S/C25H28N4O4S/c1-6-17-8-11-18(12-9-17)26-20(30)14-34-22(27-19-10-7-15(2)16(3)13-19)21-23(31)28(4)25(33)29(5)24(21)32/h7-13,31H,6,14H2,1-5H3,(H,26,30). The summed E-state index contributed by atoms with van der Waals surface area (Å²) in [4.78, 5) is 42.3. The molecule has 9 heteroatoms. The lowest BCUT2D eigenvalue weighted by Gasteiger charge is -2.13. The summed E-state index contributed by atoms with van der Waals surface area (Å²) in [6, 6.07) is 13.1. The Morgan fingerprint density at radius 1 is 1.03 bits per heavy atom. The van der Waals surface area contributed by atoms with E-state index < -0.39 is 17.1 Å². The van der Waals surface area contributed by atoms with Crippen LogP contribution < -0.4 is 16.6 Å². The van der Waals surface area contributed by atoms with Crippen molar-refractivity contribution in [2.45, 2.75) is 27.2 Å². The van der Waals surface area contributed by atoms with Crippen LogP contribution in [0.3, 0.4) is 0 Å². The smallest absolute Gasteiger partial charge is 0.333 e. The van der Waals surface area contributed by atoms with Gasteiger partial charge in [-0.05, 0) is 61.2 Å². The van der Waals surface area contributed by atoms with E-state index in [2.05, 4.69) is 17.2 Å². The molecule has 178 valence electrons. The average Bonchev–Trinajstić information content (AvgIpc) is 2.82. The van der Waals surface area contributed by atoms with Crippen molar-refractivity contribution in [3.8, 4) is 5.88 Å². The van der Waals surface area contributed by atoms with Gasteiger partial charge >= 0.3 is 5.69 Å². The molecule has 1 heterocycles. The van der Waals surface area contributed by atoms with Gasteiger partial charge in [0, 0.05) is 19.8 Å². The van der Waals surface area contributed by atoms with E-state index in [1.807, 2.05) is 50.2 Å². The summed E-state index contributed by atoms with van der Waals surface area (Å²) in [5.41, 5.74) is 3.01. The lowest BCUT2D eigenvalue weighted by molar-refractivity contribution is -0.113. The van der Waals surface area contributed by atoms with E-state index in [0.717, 1.165) is 44.0 Å². The highest BCUT2D eigenvalue weighted by Gasteiger charge is 2.22. The van der Waals surface area contributed by atoms with Gasteiger partial charge < -0.3 is 10.4 Å². The first-order valence-electron chi connectivity index (χ1n) is 10.8. The van der Waals surface area contributed by atoms with Gasteiger partial charge in [-0.2, -0.15) is 0 Å². The number of carbonyl (C=O) groups is 1. The Morgan fingerprint density at radius 3 is 2.32 bits per heavy atom. The molecule has 0 fully saturated rings. The molecule has 3 rings (SSSR count). The molecule has 0 bridgehead atoms. The summed E-state index contributed by atoms with van der Waals surface area (Å²) in [5.74, 6) is -0.841. The first-order valence-corrected chi connectivity index (χ1v) is 11.8. The minimum absolute atomic E-state index is 0.0510. The Balaban J connectivity index is 1.97. The molecule has 2 N–H and O–H groups in total. The summed E-state index contributed by atoms with van der Waals surface area (Å²) in [7, 11) is 2.70. The highest BCUT2D eigenvalue weighted by atomic mass is 32.2. The lowest BCUT2D eigenvalue weighted by atomic mass is 10.1. The van der Waals surface area contributed by atoms with Crippen LogP contribution in [-0.2, 0) is 25.3 Å². The van der Waals surface area contributed by atoms with E-state index in [4.69, 9.17) is 0 Å². The van der Waals surface area contributed by atoms with Gasteiger partial charge in [-0.3, -0.25) is 18.7 Å². The molecule has 0 saturated heterocycles. The van der Waals surface area contributed by atoms with Crippen molar-refractivity contribution in [2.75, 3.05) is 11.1 Å². The van der Waals surface area contributed by atoms with Crippen LogP contribution >= 0.6 is 11.8 Å². The number of aryl methyl sites for hydroxylation is 3. The van der Waals surface area contributed by atoms with Gasteiger partial charge in [0.1, 0.15) is 10.6 Å². The molecule has 0 radical (unpaired) electrons. The summed E-state index contributed by atoms with van der Waals surface area (Å²) in [6.45, 7) is 5.98. The zero-order chi connectivity index (χ0) is 25.0. The van der Waals surface area contributed by atoms with Crippen LogP contribution in [0.15, 0.2) is 57.0 Å². The number of aromatic hydroxyl groups is 1. The Kier molecular flexibility index (Phi) is 7.78. The predicted molar refractivity (Wildman–Crippen MR) is 138 cm³/mol. The van der Waals surface area contributed by atoms with Crippen LogP contribution in [0.4, 0.5) is 11.4 Å². The molecule has 34 heavy (non-hydrogen) atoms. The Labute approximate surface area is 202 Å². The molecular weight excluding hydrogens is 452 g/mol. The van der Waals surface area contributed by atoms with E-state index in [0.29, 0.717) is 11.4 Å². The van der Waals surface area contributed by atoms with Crippen LogP contribution in [0.5, 0.6) is 5.88 Å². The number of thioether (sulfide) groups is 1. The number of rotatable bonds is 6. The van der Waals surface area contributed by atoms with Crippen LogP contribution in [0, 0.1) is 13.8 Å². The molecule has 0 spiro atoms. The van der Waals surface area contributed by atoms with Gasteiger partial charge in [-0.15, -0.1) is 0 Å². The molecule has 1 amide bonds. The number of aliphatic imine (C=N–C) groups is 1. The van der Waals surface area contributed by atoms with Crippen LogP contribution in [0.2, 0.25) is 0 Å². The fourth-order valence-electron chi connectivity index (χ4n) is 3.25. The Morgan fingerprint density at radius 2 is 1.71 bits per heavy atom. The summed E-state index contributed by atoms with van der Waals surface area (Å²) < 4.78 is 1.88. The summed E-state index contributed by atoms with van der Waals surface area (Å²) in [5, 5.41) is 13.6. The number of nitrogens with one attached hydrogen (secondary N) is 1. The van der Waals surface area contributed by atoms with E-state index in [9.17, 15) is 19.5 Å². The third-order valence-corrected chi connectivity index (χ3v) is 6.53. The van der Waals surface area contributed by atoms with E-state index in [1.165, 1.54) is 14.1 Å². The molecule has 0 unspecified atom stereocenters. The number of hydrogen-bond acceptors (Lipinski definition) is 6. The van der Waals surface area contributed by atoms with Crippen LogP contribution in [-0.4, -0.2) is 30.9 Å². The molecular formula is C25H28N4O4S. The third kappa shape index (κ3) is 5.48. The van der Waals surface area contributed by atoms with Crippen LogP contribution in [0.1, 0.15) is 29.2 Å². The second-order valence-corrected chi connectivity index (χ2v) is 8.94. The van der Waals surface area contributed by atoms with Crippen molar-refractivity contribution in [1.29, 1.82) is 0 Å². The summed E-state index contributed by atoms with van der Waals surface area (Å²) in [6.07, 6.45) is 0.903. The Hall–Kier alpha value is -3.59. The fourth-order valence-corrected chi connectivity index (χ4v) is 4.08. The van der Waals surface area contributed by atoms with Crippen molar-refractivity contribution < 1.29 is 9.90 Å². The van der Waals surface area contributed by atoms with Gasteiger partial charge in [0.15, 0.2) is 0 Å². The molecule has 8 nitrogen and oxygen atoms in total. The fraction of sp³-hybridized carbons (Fsp3) is 0.280. The number of aromatic nitrogens is 2. The molecule has 1 aromatic heterocycles. The highest BCUT2D eigenvalue weighted by Crippen LogP contribution is 2.25. The maximum atomic E-state index is 12.9. The molecule has 0 saturated carbocycles. The van der Waals surface area contributed by atoms with Crippen molar-refractivity contribution in [2.24, 2.45) is 19.1 Å². The van der Waals surface area contributed by atoms with Crippen molar-refractivity contribution in [3.05, 3.63) is 85.6 Å². The molecule has 0 aliphatic heterocycles. The maximum absolute atomic E-state index is 12.9. The normalized spacial score (nSPS) is 11.5. The minimum atomic E-state index is -0.689. The average molecular weight is 481 g/mol. The number of anilines is 1. The number of carbonyl (C=O) groups excluding carboxylic acids is 1. The zero-order valence-corrected chi connectivity index (χ0v) is 20.7. The minimum Gasteiger partial charge on any atom is -0.494 e. The van der Waals surface area contributed by atoms with Crippen molar-refractivity contribution in [3.63, 3.8) is 0 Å². The monoisotopic (exact) mass is 480 g/mol. The third-order valence-electron chi connectivity index (χ3n) is 5.55. The van der Waals surface area contributed by atoms with E-state index >= 15 is 0 Å². The first-order chi connectivity index (χ1) is 16.1. The van der Waals surface area contributed by atoms with Gasteiger partial charge in [0.05, 0.1) is 11.4 Å². The highest BCUT2D eigenvalue weighted by molar-refractivity contribution is 8.15. The second-order valence-electron chi connectivity index (χ2n) is 7.98. The van der Waals surface area contributed by atoms with Crippen molar-refractivity contribution >= 4 is 34.1 Å². The van der Waals surface area contributed by atoms with Crippen LogP contribution in [0.25, 0.3) is 0 Å². The maximum Gasteiger partial charge on any atom is 0.333 e. The Bertz CT molecular complexity index is 1370. The summed E-state index contributed by atoms with van der Waals surface area (Å²) >= 11 is 1.02. The number of nitrogens with zero attached hydrogens (tertiary/aromatic N) is 3. The van der Waals surface area contributed by atoms with Gasteiger partial charge in [0.2, 0.25) is 11.8 Å². The number of amides is 1. The number of hydrogen-bond donors (Lipinski definition) is 2. The van der Waals surface area contributed by atoms with Crippen molar-refractivity contribution in [1.82, 2.24) is 9.13 Å². The molecule has 0 atom stereocenters. The van der Waals surface area contributed by atoms with Gasteiger partial charge in [-0.25, -0.2) is 9.79 Å². The predicted octanol–water partition coefficient (Wildman–Crippen LogP) is 3.42. The molecule has 3 aromatic rings. The molecule has 0 aliphatic rings. The lowest BCUT2D eigenvalue weighted by Crippen LogP contribution is -2.39. The topological polar surface area (TPSA) is 106 Å². The zero-order valence-electron chi connectivity index (χ0n) is 19.9. The second kappa shape index (κ2) is 10.6. The van der Waals surface area contributed by atoms with E-state index in [1.54, 1.807) is 6.07 Å². The number of benzene rings is 2. The van der Waals surface area contributed by atoms with Gasteiger partial charge in [0.25, 0.3) is 5.56 Å². The van der Waals surface area contributed by atoms with E-state index in [-0.39, 0.29) is 22.3 Å². The first kappa shape index (κ1) is 25.0. The largest absolute Gasteiger partial charge is 0.494 e. The molecule has 2 aromatic carbocycles. The van der Waals surface area contributed by atoms with Gasteiger partial charge in [-0.1, -0.05) is 36.9 Å².